The highest BCUT2D eigenvalue weighted by molar-refractivity contribution is 5.28. The van der Waals surface area contributed by atoms with Crippen LogP contribution in [0.4, 0.5) is 0 Å². The zero-order valence-corrected chi connectivity index (χ0v) is 9.27. The molecule has 0 aromatic heterocycles. The van der Waals surface area contributed by atoms with Crippen molar-refractivity contribution in [2.45, 2.75) is 26.1 Å². The number of unbranched alkanes of at least 4 members (excludes halogenated alkanes) is 1. The highest BCUT2D eigenvalue weighted by Crippen LogP contribution is 2.19. The summed E-state index contributed by atoms with van der Waals surface area (Å²) in [6.45, 7) is 2.66. The molecule has 0 fully saturated rings. The Morgan fingerprint density at radius 1 is 1.40 bits per heavy atom. The minimum Gasteiger partial charge on any atom is -0.497 e. The number of aliphatic hydroxyl groups excluding tert-OH is 1. The van der Waals surface area contributed by atoms with Crippen molar-refractivity contribution in [2.24, 2.45) is 0 Å². The van der Waals surface area contributed by atoms with Crippen molar-refractivity contribution in [1.29, 1.82) is 0 Å². The van der Waals surface area contributed by atoms with E-state index in [9.17, 15) is 5.11 Å². The predicted molar refractivity (Wildman–Crippen MR) is 58.8 cm³/mol. The molecule has 1 atom stereocenters. The second kappa shape index (κ2) is 6.43. The Kier molecular flexibility index (Phi) is 5.15. The lowest BCUT2D eigenvalue weighted by molar-refractivity contribution is -0.103. The average Bonchev–Trinajstić information content (AvgIpc) is 2.29. The first-order valence-electron chi connectivity index (χ1n) is 5.21. The topological polar surface area (TPSA) is 38.7 Å². The molecule has 3 heteroatoms. The lowest BCUT2D eigenvalue weighted by Crippen LogP contribution is -2.04. The molecule has 1 aromatic carbocycles. The molecule has 0 amide bonds. The number of hydrogen-bond acceptors (Lipinski definition) is 3. The fraction of sp³-hybridized carbons (Fsp3) is 0.500. The monoisotopic (exact) mass is 210 g/mol. The van der Waals surface area contributed by atoms with Crippen LogP contribution in [-0.2, 0) is 4.74 Å². The molecule has 0 aliphatic carbocycles. The quantitative estimate of drug-likeness (QED) is 0.579. The molecule has 0 bridgehead atoms. The van der Waals surface area contributed by atoms with Crippen LogP contribution in [0.15, 0.2) is 24.3 Å². The van der Waals surface area contributed by atoms with E-state index in [4.69, 9.17) is 9.47 Å². The second-order valence-corrected chi connectivity index (χ2v) is 3.35. The molecular formula is C12H18O3. The minimum absolute atomic E-state index is 0.578. The fourth-order valence-electron chi connectivity index (χ4n) is 1.23. The number of methoxy groups -OCH3 is 1. The summed E-state index contributed by atoms with van der Waals surface area (Å²) in [5.41, 5.74) is 0.727. The van der Waals surface area contributed by atoms with E-state index in [0.29, 0.717) is 6.61 Å². The van der Waals surface area contributed by atoms with Gasteiger partial charge in [0.05, 0.1) is 13.7 Å². The minimum atomic E-state index is -0.855. The lowest BCUT2D eigenvalue weighted by Gasteiger charge is -2.12. The third-order valence-electron chi connectivity index (χ3n) is 2.15. The average molecular weight is 210 g/mol. The van der Waals surface area contributed by atoms with Gasteiger partial charge in [0.25, 0.3) is 0 Å². The van der Waals surface area contributed by atoms with E-state index < -0.39 is 6.29 Å². The van der Waals surface area contributed by atoms with Gasteiger partial charge in [0.15, 0.2) is 6.29 Å². The fourth-order valence-corrected chi connectivity index (χ4v) is 1.23. The third kappa shape index (κ3) is 3.90. The van der Waals surface area contributed by atoms with Crippen LogP contribution in [-0.4, -0.2) is 18.8 Å². The van der Waals surface area contributed by atoms with E-state index in [1.54, 1.807) is 13.2 Å². The zero-order valence-electron chi connectivity index (χ0n) is 9.27. The number of hydrogen-bond donors (Lipinski definition) is 1. The van der Waals surface area contributed by atoms with E-state index in [2.05, 4.69) is 6.92 Å². The van der Waals surface area contributed by atoms with Gasteiger partial charge in [-0.1, -0.05) is 25.5 Å². The smallest absolute Gasteiger partial charge is 0.181 e. The highest BCUT2D eigenvalue weighted by Gasteiger charge is 2.07. The van der Waals surface area contributed by atoms with E-state index in [1.807, 2.05) is 18.2 Å². The number of aliphatic hydroxyl groups is 1. The van der Waals surface area contributed by atoms with Gasteiger partial charge in [0, 0.05) is 5.56 Å². The molecule has 15 heavy (non-hydrogen) atoms. The van der Waals surface area contributed by atoms with Crippen LogP contribution < -0.4 is 4.74 Å². The number of ether oxygens (including phenoxy) is 2. The summed E-state index contributed by atoms with van der Waals surface area (Å²) in [5, 5.41) is 9.69. The van der Waals surface area contributed by atoms with Crippen LogP contribution in [0.25, 0.3) is 0 Å². The summed E-state index contributed by atoms with van der Waals surface area (Å²) in [6, 6.07) is 7.26. The Balaban J connectivity index is 2.52. The summed E-state index contributed by atoms with van der Waals surface area (Å²) in [7, 11) is 1.60. The zero-order chi connectivity index (χ0) is 11.1. The van der Waals surface area contributed by atoms with Gasteiger partial charge in [-0.25, -0.2) is 0 Å². The Morgan fingerprint density at radius 2 is 2.20 bits per heavy atom. The molecular weight excluding hydrogens is 192 g/mol. The van der Waals surface area contributed by atoms with Gasteiger partial charge < -0.3 is 14.6 Å². The maximum absolute atomic E-state index is 9.69. The van der Waals surface area contributed by atoms with Crippen LogP contribution in [0.1, 0.15) is 31.6 Å². The van der Waals surface area contributed by atoms with Gasteiger partial charge in [-0.3, -0.25) is 0 Å². The van der Waals surface area contributed by atoms with Crippen molar-refractivity contribution in [3.63, 3.8) is 0 Å². The molecule has 1 unspecified atom stereocenters. The van der Waals surface area contributed by atoms with Crippen LogP contribution in [0, 0.1) is 0 Å². The van der Waals surface area contributed by atoms with Crippen LogP contribution >= 0.6 is 0 Å². The van der Waals surface area contributed by atoms with E-state index >= 15 is 0 Å². The molecule has 0 aliphatic rings. The molecule has 0 aliphatic heterocycles. The Labute approximate surface area is 90.6 Å². The van der Waals surface area contributed by atoms with Crippen molar-refractivity contribution in [3.05, 3.63) is 29.8 Å². The van der Waals surface area contributed by atoms with Gasteiger partial charge in [0.1, 0.15) is 5.75 Å². The van der Waals surface area contributed by atoms with Gasteiger partial charge in [-0.15, -0.1) is 0 Å². The summed E-state index contributed by atoms with van der Waals surface area (Å²) in [6.07, 6.45) is 1.16. The SMILES string of the molecule is CCCCOC(O)c1cccc(OC)c1. The first-order chi connectivity index (χ1) is 7.27. The first-order valence-corrected chi connectivity index (χ1v) is 5.21. The highest BCUT2D eigenvalue weighted by atomic mass is 16.6. The Hall–Kier alpha value is -1.06. The molecule has 0 heterocycles. The van der Waals surface area contributed by atoms with Gasteiger partial charge in [0.2, 0.25) is 0 Å². The summed E-state index contributed by atoms with van der Waals surface area (Å²) in [4.78, 5) is 0. The van der Waals surface area contributed by atoms with Gasteiger partial charge in [-0.2, -0.15) is 0 Å². The molecule has 84 valence electrons. The normalized spacial score (nSPS) is 12.5. The van der Waals surface area contributed by atoms with Crippen LogP contribution in [0.2, 0.25) is 0 Å². The summed E-state index contributed by atoms with van der Waals surface area (Å²) in [5.74, 6) is 0.727. The predicted octanol–water partition coefficient (Wildman–Crippen LogP) is 2.50. The maximum Gasteiger partial charge on any atom is 0.181 e. The molecule has 1 aromatic rings. The van der Waals surface area contributed by atoms with Crippen molar-refractivity contribution < 1.29 is 14.6 Å². The molecule has 0 radical (unpaired) electrons. The van der Waals surface area contributed by atoms with E-state index in [-0.39, 0.29) is 0 Å². The second-order valence-electron chi connectivity index (χ2n) is 3.35. The Morgan fingerprint density at radius 3 is 2.87 bits per heavy atom. The van der Waals surface area contributed by atoms with Crippen molar-refractivity contribution in [3.8, 4) is 5.75 Å². The van der Waals surface area contributed by atoms with Crippen molar-refractivity contribution >= 4 is 0 Å². The molecule has 1 N–H and O–H groups in total. The van der Waals surface area contributed by atoms with Gasteiger partial charge in [-0.05, 0) is 18.6 Å². The van der Waals surface area contributed by atoms with Crippen LogP contribution in [0.3, 0.4) is 0 Å². The van der Waals surface area contributed by atoms with E-state index in [1.165, 1.54) is 0 Å². The number of rotatable bonds is 6. The standard InChI is InChI=1S/C12H18O3/c1-3-4-8-15-12(13)10-6-5-7-11(9-10)14-2/h5-7,9,12-13H,3-4,8H2,1-2H3. The summed E-state index contributed by atoms with van der Waals surface area (Å²) < 4.78 is 10.3. The molecule has 3 nitrogen and oxygen atoms in total. The maximum atomic E-state index is 9.69. The summed E-state index contributed by atoms with van der Waals surface area (Å²) >= 11 is 0. The first kappa shape index (κ1) is 12.0. The largest absolute Gasteiger partial charge is 0.497 e. The lowest BCUT2D eigenvalue weighted by atomic mass is 10.2. The molecule has 1 rings (SSSR count). The Bertz CT molecular complexity index is 286. The number of benzene rings is 1. The molecule has 0 saturated carbocycles. The van der Waals surface area contributed by atoms with Gasteiger partial charge >= 0.3 is 0 Å². The molecule has 0 saturated heterocycles. The van der Waals surface area contributed by atoms with Crippen LogP contribution in [0.5, 0.6) is 5.75 Å². The molecule has 0 spiro atoms. The van der Waals surface area contributed by atoms with E-state index in [0.717, 1.165) is 24.2 Å². The third-order valence-corrected chi connectivity index (χ3v) is 2.15. The van der Waals surface area contributed by atoms with Crippen molar-refractivity contribution in [2.75, 3.05) is 13.7 Å². The van der Waals surface area contributed by atoms with Crippen molar-refractivity contribution in [1.82, 2.24) is 0 Å².